The summed E-state index contributed by atoms with van der Waals surface area (Å²) in [6, 6.07) is 0.414. The maximum atomic E-state index is 12.0. The van der Waals surface area contributed by atoms with Gasteiger partial charge in [0.05, 0.1) is 131 Å². The van der Waals surface area contributed by atoms with Crippen LogP contribution in [0, 0.1) is 0 Å². The van der Waals surface area contributed by atoms with Gasteiger partial charge < -0.3 is 64.3 Å². The fourth-order valence-corrected chi connectivity index (χ4v) is 6.11. The normalized spacial score (nSPS) is 18.9. The number of unbranched alkanes of at least 4 members (excludes halogenated alkanes) is 1. The summed E-state index contributed by atoms with van der Waals surface area (Å²) < 4.78 is 48.8. The Morgan fingerprint density at radius 2 is 1.09 bits per heavy atom. The van der Waals surface area contributed by atoms with Crippen molar-refractivity contribution < 1.29 is 52.2 Å². The van der Waals surface area contributed by atoms with E-state index in [0.717, 1.165) is 25.0 Å². The smallest absolute Gasteiger partial charge is 0.315 e. The molecule has 0 radical (unpaired) electrons. The molecule has 46 heavy (non-hydrogen) atoms. The van der Waals surface area contributed by atoms with Crippen molar-refractivity contribution in [1.29, 1.82) is 0 Å². The number of thioether (sulfide) groups is 1. The average molecular weight is 683 g/mol. The molecule has 2 rings (SSSR count). The summed E-state index contributed by atoms with van der Waals surface area (Å²) in [5.74, 6) is 1.01. The minimum absolute atomic E-state index is 0.0453. The summed E-state index contributed by atoms with van der Waals surface area (Å²) in [7, 11) is 0. The molecule has 2 heterocycles. The summed E-state index contributed by atoms with van der Waals surface area (Å²) in [5.41, 5.74) is 5.33. The van der Waals surface area contributed by atoms with E-state index < -0.39 is 0 Å². The van der Waals surface area contributed by atoms with Crippen molar-refractivity contribution in [2.45, 2.75) is 43.0 Å². The summed E-state index contributed by atoms with van der Waals surface area (Å²) in [4.78, 5) is 23.5. The number of ether oxygens (including phenoxy) is 9. The van der Waals surface area contributed by atoms with Crippen molar-refractivity contribution in [3.8, 4) is 0 Å². The predicted molar refractivity (Wildman–Crippen MR) is 173 cm³/mol. The van der Waals surface area contributed by atoms with Crippen LogP contribution in [0.25, 0.3) is 0 Å². The van der Waals surface area contributed by atoms with E-state index in [1.165, 1.54) is 0 Å². The van der Waals surface area contributed by atoms with Gasteiger partial charge in [0, 0.05) is 30.5 Å². The summed E-state index contributed by atoms with van der Waals surface area (Å²) in [5, 5.41) is 9.28. The van der Waals surface area contributed by atoms with Gasteiger partial charge in [-0.05, 0) is 12.8 Å². The third kappa shape index (κ3) is 22.3. The SMILES string of the molecule is NCCOCCOCCOCCOCCOCCOCCOCCOCCOCCNC(=O)CCCC[C@@H]1SC[C@@H]2NC(=O)N[C@@H]21. The Hall–Kier alpha value is -1.31. The van der Waals surface area contributed by atoms with Gasteiger partial charge in [-0.2, -0.15) is 11.8 Å². The molecular formula is C30H58N4O11S. The largest absolute Gasteiger partial charge is 0.378 e. The van der Waals surface area contributed by atoms with Crippen LogP contribution in [0.15, 0.2) is 0 Å². The van der Waals surface area contributed by atoms with Crippen LogP contribution in [0.5, 0.6) is 0 Å². The molecule has 0 saturated carbocycles. The number of nitrogens with two attached hydrogens (primary N) is 1. The molecule has 3 atom stereocenters. The minimum atomic E-state index is -0.0592. The first-order valence-electron chi connectivity index (χ1n) is 16.6. The topological polar surface area (TPSA) is 179 Å². The second-order valence-corrected chi connectivity index (χ2v) is 11.8. The van der Waals surface area contributed by atoms with Crippen molar-refractivity contribution in [3.05, 3.63) is 0 Å². The molecule has 270 valence electrons. The van der Waals surface area contributed by atoms with Gasteiger partial charge in [-0.15, -0.1) is 0 Å². The standard InChI is InChI=1S/C30H58N4O11S/c31-5-7-37-9-11-39-13-15-41-17-19-43-21-23-45-24-22-44-20-18-42-16-14-40-12-10-38-8-6-32-28(35)4-2-1-3-27-29-26(25-46-27)33-30(36)34-29/h26-27,29H,1-25,31H2,(H,32,35)(H2,33,34,36)/t26-,27-,29-/m0/s1. The van der Waals surface area contributed by atoms with E-state index in [4.69, 9.17) is 48.4 Å². The number of fused-ring (bicyclic) bond motifs is 1. The third-order valence-electron chi connectivity index (χ3n) is 6.89. The molecule has 2 aliphatic heterocycles. The molecule has 0 unspecified atom stereocenters. The Labute approximate surface area is 278 Å². The monoisotopic (exact) mass is 682 g/mol. The van der Waals surface area contributed by atoms with Crippen LogP contribution in [-0.2, 0) is 47.4 Å². The number of urea groups is 1. The number of nitrogens with one attached hydrogen (secondary N) is 3. The molecule has 0 spiro atoms. The lowest BCUT2D eigenvalue weighted by Gasteiger charge is -2.16. The fourth-order valence-electron chi connectivity index (χ4n) is 4.57. The molecule has 15 nitrogen and oxygen atoms in total. The molecule has 0 aromatic rings. The average Bonchev–Trinajstić information content (AvgIpc) is 3.61. The van der Waals surface area contributed by atoms with E-state index in [1.807, 2.05) is 11.8 Å². The number of hydrogen-bond acceptors (Lipinski definition) is 13. The number of amides is 3. The lowest BCUT2D eigenvalue weighted by atomic mass is 10.0. The van der Waals surface area contributed by atoms with Gasteiger partial charge >= 0.3 is 6.03 Å². The van der Waals surface area contributed by atoms with Gasteiger partial charge in [0.1, 0.15) is 0 Å². The molecule has 2 aliphatic rings. The molecular weight excluding hydrogens is 624 g/mol. The quantitative estimate of drug-likeness (QED) is 0.0524. The number of hydrogen-bond donors (Lipinski definition) is 4. The molecule has 2 fully saturated rings. The summed E-state index contributed by atoms with van der Waals surface area (Å²) in [6.07, 6.45) is 3.35. The number of rotatable bonds is 34. The minimum Gasteiger partial charge on any atom is -0.378 e. The van der Waals surface area contributed by atoms with Crippen LogP contribution in [0.3, 0.4) is 0 Å². The highest BCUT2D eigenvalue weighted by atomic mass is 32.2. The third-order valence-corrected chi connectivity index (χ3v) is 8.40. The van der Waals surface area contributed by atoms with Gasteiger partial charge in [0.15, 0.2) is 0 Å². The molecule has 0 aromatic heterocycles. The maximum Gasteiger partial charge on any atom is 0.315 e. The van der Waals surface area contributed by atoms with Gasteiger partial charge in [-0.1, -0.05) is 6.42 Å². The van der Waals surface area contributed by atoms with E-state index in [1.54, 1.807) is 0 Å². The lowest BCUT2D eigenvalue weighted by Crippen LogP contribution is -2.36. The molecule has 16 heteroatoms. The van der Waals surface area contributed by atoms with E-state index in [-0.39, 0.29) is 24.0 Å². The molecule has 2 saturated heterocycles. The highest BCUT2D eigenvalue weighted by molar-refractivity contribution is 8.00. The first-order valence-corrected chi connectivity index (χ1v) is 17.6. The van der Waals surface area contributed by atoms with Gasteiger partial charge in [0.2, 0.25) is 5.91 Å². The van der Waals surface area contributed by atoms with Crippen LogP contribution in [-0.4, -0.2) is 167 Å². The van der Waals surface area contributed by atoms with Gasteiger partial charge in [-0.25, -0.2) is 4.79 Å². The molecule has 0 aromatic carbocycles. The van der Waals surface area contributed by atoms with E-state index in [0.29, 0.717) is 144 Å². The fraction of sp³-hybridized carbons (Fsp3) is 0.933. The highest BCUT2D eigenvalue weighted by Crippen LogP contribution is 2.33. The summed E-state index contributed by atoms with van der Waals surface area (Å²) in [6.45, 7) is 10.1. The Balaban J connectivity index is 1.17. The van der Waals surface area contributed by atoms with E-state index in [9.17, 15) is 9.59 Å². The zero-order valence-corrected chi connectivity index (χ0v) is 28.2. The van der Waals surface area contributed by atoms with Crippen LogP contribution < -0.4 is 21.7 Å². The first-order chi connectivity index (χ1) is 22.7. The second-order valence-electron chi connectivity index (χ2n) is 10.5. The van der Waals surface area contributed by atoms with Crippen LogP contribution in [0.1, 0.15) is 25.7 Å². The molecule has 0 aliphatic carbocycles. The van der Waals surface area contributed by atoms with E-state index >= 15 is 0 Å². The number of carbonyl (C=O) groups excluding carboxylic acids is 2. The Morgan fingerprint density at radius 3 is 1.54 bits per heavy atom. The van der Waals surface area contributed by atoms with Gasteiger partial charge in [0.25, 0.3) is 0 Å². The van der Waals surface area contributed by atoms with Gasteiger partial charge in [-0.3, -0.25) is 4.79 Å². The lowest BCUT2D eigenvalue weighted by molar-refractivity contribution is -0.121. The van der Waals surface area contributed by atoms with Crippen LogP contribution in [0.4, 0.5) is 4.79 Å². The Bertz CT molecular complexity index is 747. The number of carbonyl (C=O) groups is 2. The van der Waals surface area contributed by atoms with Crippen molar-refractivity contribution in [3.63, 3.8) is 0 Å². The van der Waals surface area contributed by atoms with Crippen molar-refractivity contribution >= 4 is 23.7 Å². The second kappa shape index (κ2) is 29.8. The summed E-state index contributed by atoms with van der Waals surface area (Å²) >= 11 is 1.90. The Kier molecular flexibility index (Phi) is 26.5. The van der Waals surface area contributed by atoms with Crippen molar-refractivity contribution in [1.82, 2.24) is 16.0 Å². The molecule has 3 amide bonds. The van der Waals surface area contributed by atoms with Crippen LogP contribution in [0.2, 0.25) is 0 Å². The molecule has 5 N–H and O–H groups in total. The zero-order valence-electron chi connectivity index (χ0n) is 27.4. The first kappa shape index (κ1) is 40.9. The van der Waals surface area contributed by atoms with Crippen molar-refractivity contribution in [2.24, 2.45) is 5.73 Å². The van der Waals surface area contributed by atoms with E-state index in [2.05, 4.69) is 16.0 Å². The molecule has 0 bridgehead atoms. The zero-order chi connectivity index (χ0) is 32.8. The Morgan fingerprint density at radius 1 is 0.652 bits per heavy atom. The highest BCUT2D eigenvalue weighted by Gasteiger charge is 2.42. The maximum absolute atomic E-state index is 12.0. The predicted octanol–water partition coefficient (Wildman–Crippen LogP) is -0.0635. The van der Waals surface area contributed by atoms with Crippen molar-refractivity contribution in [2.75, 3.05) is 138 Å². The van der Waals surface area contributed by atoms with Crippen LogP contribution >= 0.6 is 11.8 Å².